The van der Waals surface area contributed by atoms with Crippen molar-refractivity contribution in [3.63, 3.8) is 0 Å². The lowest BCUT2D eigenvalue weighted by atomic mass is 10.2. The summed E-state index contributed by atoms with van der Waals surface area (Å²) < 4.78 is 2.25. The quantitative estimate of drug-likeness (QED) is 0.877. The first-order valence-corrected chi connectivity index (χ1v) is 6.31. The van der Waals surface area contributed by atoms with Crippen LogP contribution in [0.25, 0.3) is 11.0 Å². The summed E-state index contributed by atoms with van der Waals surface area (Å²) in [5.74, 6) is 1.09. The van der Waals surface area contributed by atoms with Crippen LogP contribution in [0.5, 0.6) is 0 Å². The number of rotatable bonds is 4. The Bertz CT molecular complexity index is 511. The molecule has 92 valence electrons. The molecule has 2 aromatic rings. The molecule has 3 nitrogen and oxygen atoms in total. The van der Waals surface area contributed by atoms with Crippen LogP contribution in [0, 0.1) is 6.92 Å². The molecule has 0 saturated carbocycles. The van der Waals surface area contributed by atoms with Crippen molar-refractivity contribution < 1.29 is 0 Å². The van der Waals surface area contributed by atoms with Gasteiger partial charge in [-0.25, -0.2) is 4.98 Å². The summed E-state index contributed by atoms with van der Waals surface area (Å²) in [6, 6.07) is 7.06. The van der Waals surface area contributed by atoms with E-state index in [1.807, 2.05) is 0 Å². The smallest absolute Gasteiger partial charge is 0.106 e. The van der Waals surface area contributed by atoms with Crippen molar-refractivity contribution >= 4 is 11.0 Å². The summed E-state index contributed by atoms with van der Waals surface area (Å²) in [4.78, 5) is 4.61. The lowest BCUT2D eigenvalue weighted by Gasteiger charge is -2.08. The molecule has 1 aromatic carbocycles. The van der Waals surface area contributed by atoms with E-state index < -0.39 is 0 Å². The van der Waals surface area contributed by atoms with Gasteiger partial charge in [0.25, 0.3) is 0 Å². The summed E-state index contributed by atoms with van der Waals surface area (Å²) in [6.45, 7) is 10.4. The Hall–Kier alpha value is -1.35. The minimum Gasteiger partial charge on any atom is -0.329 e. The Labute approximate surface area is 103 Å². The molecular weight excluding hydrogens is 210 g/mol. The van der Waals surface area contributed by atoms with E-state index in [9.17, 15) is 0 Å². The van der Waals surface area contributed by atoms with Crippen LogP contribution >= 0.6 is 0 Å². The lowest BCUT2D eigenvalue weighted by Crippen LogP contribution is -2.21. The van der Waals surface area contributed by atoms with Crippen LogP contribution in [-0.4, -0.2) is 15.6 Å². The van der Waals surface area contributed by atoms with Gasteiger partial charge in [-0.3, -0.25) is 0 Å². The molecule has 0 aliphatic heterocycles. The van der Waals surface area contributed by atoms with E-state index in [0.717, 1.165) is 24.4 Å². The average Bonchev–Trinajstić information content (AvgIpc) is 2.60. The fourth-order valence-corrected chi connectivity index (χ4v) is 2.13. The number of nitrogens with one attached hydrogen (secondary N) is 1. The fraction of sp³-hybridized carbons (Fsp3) is 0.500. The van der Waals surface area contributed by atoms with Crippen LogP contribution in [0.2, 0.25) is 0 Å². The van der Waals surface area contributed by atoms with Gasteiger partial charge in [0.15, 0.2) is 0 Å². The average molecular weight is 231 g/mol. The second-order valence-electron chi connectivity index (χ2n) is 4.76. The van der Waals surface area contributed by atoms with E-state index in [1.165, 1.54) is 11.1 Å². The number of benzene rings is 1. The zero-order chi connectivity index (χ0) is 12.4. The topological polar surface area (TPSA) is 29.9 Å². The molecule has 0 aliphatic rings. The largest absolute Gasteiger partial charge is 0.329 e. The van der Waals surface area contributed by atoms with Crippen molar-refractivity contribution in [1.82, 2.24) is 14.9 Å². The molecule has 0 fully saturated rings. The molecule has 0 spiro atoms. The standard InChI is InChI=1S/C14H21N3/c1-5-17-11(4)16-13-8-12(6-7-14(13)17)9-15-10(2)3/h6-8,10,15H,5,9H2,1-4H3. The van der Waals surface area contributed by atoms with Gasteiger partial charge in [0.05, 0.1) is 11.0 Å². The summed E-state index contributed by atoms with van der Waals surface area (Å²) in [7, 11) is 0. The molecule has 0 amide bonds. The highest BCUT2D eigenvalue weighted by Gasteiger charge is 2.06. The first-order chi connectivity index (χ1) is 8.11. The van der Waals surface area contributed by atoms with Crippen LogP contribution in [0.1, 0.15) is 32.2 Å². The number of hydrogen-bond acceptors (Lipinski definition) is 2. The number of fused-ring (bicyclic) bond motifs is 1. The molecule has 1 N–H and O–H groups in total. The number of imidazole rings is 1. The summed E-state index contributed by atoms with van der Waals surface area (Å²) in [5, 5.41) is 3.43. The predicted octanol–water partition coefficient (Wildman–Crippen LogP) is 2.86. The van der Waals surface area contributed by atoms with Gasteiger partial charge in [0, 0.05) is 19.1 Å². The van der Waals surface area contributed by atoms with E-state index >= 15 is 0 Å². The molecule has 1 aromatic heterocycles. The van der Waals surface area contributed by atoms with E-state index in [-0.39, 0.29) is 0 Å². The molecule has 0 unspecified atom stereocenters. The summed E-state index contributed by atoms with van der Waals surface area (Å²) in [5.41, 5.74) is 3.64. The fourth-order valence-electron chi connectivity index (χ4n) is 2.13. The van der Waals surface area contributed by atoms with Crippen molar-refractivity contribution in [2.75, 3.05) is 0 Å². The van der Waals surface area contributed by atoms with E-state index in [1.54, 1.807) is 0 Å². The Kier molecular flexibility index (Phi) is 3.48. The number of aromatic nitrogens is 2. The molecule has 1 heterocycles. The van der Waals surface area contributed by atoms with Crippen LogP contribution < -0.4 is 5.32 Å². The second kappa shape index (κ2) is 4.88. The molecule has 17 heavy (non-hydrogen) atoms. The Morgan fingerprint density at radius 2 is 2.12 bits per heavy atom. The second-order valence-corrected chi connectivity index (χ2v) is 4.76. The van der Waals surface area contributed by atoms with Gasteiger partial charge in [-0.05, 0) is 31.5 Å². The highest BCUT2D eigenvalue weighted by Crippen LogP contribution is 2.17. The van der Waals surface area contributed by atoms with Gasteiger partial charge in [0.1, 0.15) is 5.82 Å². The SMILES string of the molecule is CCn1c(C)nc2cc(CNC(C)C)ccc21. The minimum absolute atomic E-state index is 0.514. The molecule has 0 aliphatic carbocycles. The molecule has 0 radical (unpaired) electrons. The van der Waals surface area contributed by atoms with Crippen LogP contribution in [0.15, 0.2) is 18.2 Å². The maximum atomic E-state index is 4.61. The molecular formula is C14H21N3. The third-order valence-corrected chi connectivity index (χ3v) is 3.03. The van der Waals surface area contributed by atoms with Gasteiger partial charge < -0.3 is 9.88 Å². The number of nitrogens with zero attached hydrogens (tertiary/aromatic N) is 2. The van der Waals surface area contributed by atoms with E-state index in [2.05, 4.69) is 60.8 Å². The van der Waals surface area contributed by atoms with Gasteiger partial charge in [-0.2, -0.15) is 0 Å². The van der Waals surface area contributed by atoms with Crippen molar-refractivity contribution in [3.05, 3.63) is 29.6 Å². The van der Waals surface area contributed by atoms with Crippen molar-refractivity contribution in [2.24, 2.45) is 0 Å². The first-order valence-electron chi connectivity index (χ1n) is 6.31. The summed E-state index contributed by atoms with van der Waals surface area (Å²) in [6.07, 6.45) is 0. The van der Waals surface area contributed by atoms with Crippen LogP contribution in [-0.2, 0) is 13.1 Å². The Morgan fingerprint density at radius 1 is 1.35 bits per heavy atom. The molecule has 0 saturated heterocycles. The van der Waals surface area contributed by atoms with Crippen molar-refractivity contribution in [2.45, 2.75) is 46.8 Å². The zero-order valence-electron chi connectivity index (χ0n) is 11.1. The van der Waals surface area contributed by atoms with Gasteiger partial charge in [-0.1, -0.05) is 19.9 Å². The third-order valence-electron chi connectivity index (χ3n) is 3.03. The van der Waals surface area contributed by atoms with E-state index in [4.69, 9.17) is 0 Å². The number of hydrogen-bond donors (Lipinski definition) is 1. The highest BCUT2D eigenvalue weighted by molar-refractivity contribution is 5.76. The molecule has 0 atom stereocenters. The first kappa shape index (κ1) is 12.1. The monoisotopic (exact) mass is 231 g/mol. The van der Waals surface area contributed by atoms with Crippen LogP contribution in [0.4, 0.5) is 0 Å². The lowest BCUT2D eigenvalue weighted by molar-refractivity contribution is 0.589. The normalized spacial score (nSPS) is 11.6. The Morgan fingerprint density at radius 3 is 2.76 bits per heavy atom. The van der Waals surface area contributed by atoms with Crippen LogP contribution in [0.3, 0.4) is 0 Å². The third kappa shape index (κ3) is 2.50. The van der Waals surface area contributed by atoms with Gasteiger partial charge in [-0.15, -0.1) is 0 Å². The molecule has 3 heteroatoms. The zero-order valence-corrected chi connectivity index (χ0v) is 11.1. The van der Waals surface area contributed by atoms with Gasteiger partial charge >= 0.3 is 0 Å². The van der Waals surface area contributed by atoms with E-state index in [0.29, 0.717) is 6.04 Å². The maximum absolute atomic E-state index is 4.61. The Balaban J connectivity index is 2.32. The molecule has 0 bridgehead atoms. The molecule has 2 rings (SSSR count). The van der Waals surface area contributed by atoms with Gasteiger partial charge in [0.2, 0.25) is 0 Å². The minimum atomic E-state index is 0.514. The van der Waals surface area contributed by atoms with Crippen molar-refractivity contribution in [3.8, 4) is 0 Å². The maximum Gasteiger partial charge on any atom is 0.106 e. The highest BCUT2D eigenvalue weighted by atomic mass is 15.1. The predicted molar refractivity (Wildman–Crippen MR) is 72.1 cm³/mol. The van der Waals surface area contributed by atoms with Crippen molar-refractivity contribution in [1.29, 1.82) is 0 Å². The number of aryl methyl sites for hydroxylation is 2. The summed E-state index contributed by atoms with van der Waals surface area (Å²) >= 11 is 0.